The maximum atomic E-state index is 13.6. The fourth-order valence-electron chi connectivity index (χ4n) is 3.68. The number of carbonyl (C=O) groups is 2. The van der Waals surface area contributed by atoms with E-state index in [2.05, 4.69) is 5.32 Å². The molecule has 0 bridgehead atoms. The van der Waals surface area contributed by atoms with Crippen LogP contribution in [0, 0.1) is 13.8 Å². The van der Waals surface area contributed by atoms with E-state index in [-0.39, 0.29) is 5.70 Å². The van der Waals surface area contributed by atoms with Gasteiger partial charge in [-0.25, -0.2) is 4.90 Å². The first-order chi connectivity index (χ1) is 15.9. The molecule has 0 saturated carbocycles. The van der Waals surface area contributed by atoms with Gasteiger partial charge in [0.25, 0.3) is 11.8 Å². The Kier molecular flexibility index (Phi) is 6.52. The predicted octanol–water partition coefficient (Wildman–Crippen LogP) is 6.14. The van der Waals surface area contributed by atoms with Gasteiger partial charge in [-0.1, -0.05) is 60.5 Å². The molecule has 6 heteroatoms. The molecule has 168 valence electrons. The second-order valence-corrected chi connectivity index (χ2v) is 8.35. The van der Waals surface area contributed by atoms with E-state index in [0.29, 0.717) is 39.9 Å². The number of hydrogen-bond acceptors (Lipinski definition) is 4. The number of nitrogens with zero attached hydrogens (tertiary/aromatic N) is 1. The van der Waals surface area contributed by atoms with Crippen molar-refractivity contribution in [3.05, 3.63) is 94.1 Å². The van der Waals surface area contributed by atoms with Crippen LogP contribution in [0.2, 0.25) is 5.02 Å². The Morgan fingerprint density at radius 3 is 2.39 bits per heavy atom. The van der Waals surface area contributed by atoms with Crippen LogP contribution >= 0.6 is 11.6 Å². The van der Waals surface area contributed by atoms with Crippen LogP contribution in [0.15, 0.2) is 72.4 Å². The quantitative estimate of drug-likeness (QED) is 0.430. The normalized spacial score (nSPS) is 13.6. The number of carbonyl (C=O) groups excluding carboxylic acids is 2. The van der Waals surface area contributed by atoms with E-state index in [1.807, 2.05) is 57.2 Å². The highest BCUT2D eigenvalue weighted by atomic mass is 35.5. The van der Waals surface area contributed by atoms with Crippen LogP contribution in [0.5, 0.6) is 5.75 Å². The van der Waals surface area contributed by atoms with Crippen molar-refractivity contribution in [3.63, 3.8) is 0 Å². The summed E-state index contributed by atoms with van der Waals surface area (Å²) < 4.78 is 5.71. The van der Waals surface area contributed by atoms with Crippen molar-refractivity contribution in [2.24, 2.45) is 0 Å². The molecule has 1 aliphatic heterocycles. The number of ether oxygens (including phenoxy) is 1. The summed E-state index contributed by atoms with van der Waals surface area (Å²) in [6.45, 7) is 6.41. The molecule has 0 aliphatic carbocycles. The molecule has 1 heterocycles. The Balaban J connectivity index is 1.79. The van der Waals surface area contributed by atoms with Gasteiger partial charge in [0.15, 0.2) is 0 Å². The molecule has 0 fully saturated rings. The van der Waals surface area contributed by atoms with Gasteiger partial charge in [0, 0.05) is 16.8 Å². The zero-order valence-electron chi connectivity index (χ0n) is 18.8. The Morgan fingerprint density at radius 1 is 0.939 bits per heavy atom. The van der Waals surface area contributed by atoms with Crippen molar-refractivity contribution < 1.29 is 14.3 Å². The lowest BCUT2D eigenvalue weighted by atomic mass is 10.0. The summed E-state index contributed by atoms with van der Waals surface area (Å²) in [5.41, 5.74) is 4.20. The van der Waals surface area contributed by atoms with E-state index in [9.17, 15) is 9.59 Å². The van der Waals surface area contributed by atoms with Gasteiger partial charge in [0.2, 0.25) is 0 Å². The predicted molar refractivity (Wildman–Crippen MR) is 133 cm³/mol. The van der Waals surface area contributed by atoms with Crippen molar-refractivity contribution in [1.82, 2.24) is 0 Å². The van der Waals surface area contributed by atoms with E-state index < -0.39 is 11.8 Å². The summed E-state index contributed by atoms with van der Waals surface area (Å²) in [4.78, 5) is 28.4. The van der Waals surface area contributed by atoms with Gasteiger partial charge in [0.05, 0.1) is 17.9 Å². The highest BCUT2D eigenvalue weighted by Crippen LogP contribution is 2.36. The smallest absolute Gasteiger partial charge is 0.282 e. The molecule has 3 aromatic carbocycles. The molecule has 0 atom stereocenters. The number of anilines is 2. The van der Waals surface area contributed by atoms with Crippen LogP contribution in [0.4, 0.5) is 11.4 Å². The fourth-order valence-corrected chi connectivity index (χ4v) is 3.85. The summed E-state index contributed by atoms with van der Waals surface area (Å²) in [5, 5.41) is 3.77. The van der Waals surface area contributed by atoms with Crippen molar-refractivity contribution in [2.75, 3.05) is 16.8 Å². The zero-order valence-corrected chi connectivity index (χ0v) is 19.6. The maximum Gasteiger partial charge on any atom is 0.282 e. The molecule has 2 amide bonds. The van der Waals surface area contributed by atoms with Crippen LogP contribution < -0.4 is 15.0 Å². The topological polar surface area (TPSA) is 58.6 Å². The van der Waals surface area contributed by atoms with Gasteiger partial charge in [-0.2, -0.15) is 0 Å². The van der Waals surface area contributed by atoms with E-state index in [1.165, 1.54) is 4.90 Å². The minimum Gasteiger partial charge on any atom is -0.494 e. The standard InChI is InChI=1S/C27H25ClN2O3/c1-4-15-33-21-8-5-7-20(16-21)30-26(31)24(19-13-11-17(2)12-14-19)25(27(30)32)29-23-10-6-9-22(28)18(23)3/h5-14,16,29H,4,15H2,1-3H3. The monoisotopic (exact) mass is 460 g/mol. The van der Waals surface area contributed by atoms with Crippen LogP contribution in [-0.4, -0.2) is 18.4 Å². The third-order valence-corrected chi connectivity index (χ3v) is 5.91. The van der Waals surface area contributed by atoms with E-state index >= 15 is 0 Å². The highest BCUT2D eigenvalue weighted by Gasteiger charge is 2.40. The average molecular weight is 461 g/mol. The minimum atomic E-state index is -0.428. The second kappa shape index (κ2) is 9.51. The van der Waals surface area contributed by atoms with Crippen molar-refractivity contribution in [3.8, 4) is 5.75 Å². The van der Waals surface area contributed by atoms with Crippen molar-refractivity contribution in [1.29, 1.82) is 0 Å². The fraction of sp³-hybridized carbons (Fsp3) is 0.185. The number of imide groups is 1. The van der Waals surface area contributed by atoms with Crippen LogP contribution in [0.25, 0.3) is 5.57 Å². The Morgan fingerprint density at radius 2 is 1.67 bits per heavy atom. The molecule has 5 nitrogen and oxygen atoms in total. The lowest BCUT2D eigenvalue weighted by Crippen LogP contribution is -2.32. The third-order valence-electron chi connectivity index (χ3n) is 5.50. The molecule has 0 radical (unpaired) electrons. The second-order valence-electron chi connectivity index (χ2n) is 7.94. The molecule has 0 unspecified atom stereocenters. The number of benzene rings is 3. The van der Waals surface area contributed by atoms with Crippen molar-refractivity contribution >= 4 is 40.4 Å². The Labute approximate surface area is 198 Å². The van der Waals surface area contributed by atoms with Crippen molar-refractivity contribution in [2.45, 2.75) is 27.2 Å². The van der Waals surface area contributed by atoms with E-state index in [4.69, 9.17) is 16.3 Å². The molecule has 0 saturated heterocycles. The van der Waals surface area contributed by atoms with E-state index in [0.717, 1.165) is 17.5 Å². The van der Waals surface area contributed by atoms with Crippen LogP contribution in [0.3, 0.4) is 0 Å². The molecular weight excluding hydrogens is 436 g/mol. The first-order valence-corrected chi connectivity index (χ1v) is 11.2. The Bertz CT molecular complexity index is 1250. The molecular formula is C27H25ClN2O3. The number of nitrogens with one attached hydrogen (secondary N) is 1. The minimum absolute atomic E-state index is 0.217. The first kappa shape index (κ1) is 22.6. The molecule has 0 aromatic heterocycles. The molecule has 1 aliphatic rings. The first-order valence-electron chi connectivity index (χ1n) is 10.9. The zero-order chi connectivity index (χ0) is 23.5. The molecule has 1 N–H and O–H groups in total. The average Bonchev–Trinajstić information content (AvgIpc) is 3.05. The number of halogens is 1. The molecule has 4 rings (SSSR count). The van der Waals surface area contributed by atoms with Crippen LogP contribution in [-0.2, 0) is 9.59 Å². The summed E-state index contributed by atoms with van der Waals surface area (Å²) in [6.07, 6.45) is 0.859. The SMILES string of the molecule is CCCOc1cccc(N2C(=O)C(Nc3cccc(Cl)c3C)=C(c3ccc(C)cc3)C2=O)c1. The Hall–Kier alpha value is -3.57. The number of aryl methyl sites for hydroxylation is 1. The van der Waals surface area contributed by atoms with Gasteiger partial charge in [-0.3, -0.25) is 9.59 Å². The van der Waals surface area contributed by atoms with Gasteiger partial charge in [0.1, 0.15) is 11.4 Å². The number of amides is 2. The molecule has 33 heavy (non-hydrogen) atoms. The summed E-state index contributed by atoms with van der Waals surface area (Å²) in [7, 11) is 0. The van der Waals surface area contributed by atoms with Gasteiger partial charge < -0.3 is 10.1 Å². The van der Waals surface area contributed by atoms with E-state index in [1.54, 1.807) is 30.3 Å². The highest BCUT2D eigenvalue weighted by molar-refractivity contribution is 6.46. The summed E-state index contributed by atoms with van der Waals surface area (Å²) in [5.74, 6) is -0.208. The van der Waals surface area contributed by atoms with Crippen LogP contribution in [0.1, 0.15) is 30.0 Å². The lowest BCUT2D eigenvalue weighted by molar-refractivity contribution is -0.120. The van der Waals surface area contributed by atoms with Gasteiger partial charge in [-0.15, -0.1) is 0 Å². The third kappa shape index (κ3) is 4.50. The largest absolute Gasteiger partial charge is 0.494 e. The summed E-state index contributed by atoms with van der Waals surface area (Å²) in [6, 6.07) is 20.0. The molecule has 3 aromatic rings. The lowest BCUT2D eigenvalue weighted by Gasteiger charge is -2.17. The molecule has 0 spiro atoms. The summed E-state index contributed by atoms with van der Waals surface area (Å²) >= 11 is 6.29. The number of rotatable bonds is 7. The number of hydrogen-bond donors (Lipinski definition) is 1. The van der Waals surface area contributed by atoms with Gasteiger partial charge in [-0.05, 0) is 55.7 Å². The maximum absolute atomic E-state index is 13.6. The van der Waals surface area contributed by atoms with Gasteiger partial charge >= 0.3 is 0 Å².